The van der Waals surface area contributed by atoms with Gasteiger partial charge in [-0.25, -0.2) is 4.79 Å². The smallest absolute Gasteiger partial charge is 0.330 e. The second-order valence-electron chi connectivity index (χ2n) is 8.37. The Hall–Kier alpha value is -1.11. The van der Waals surface area contributed by atoms with E-state index in [4.69, 9.17) is 37.9 Å². The van der Waals surface area contributed by atoms with Crippen LogP contribution in [0.3, 0.4) is 0 Å². The first-order chi connectivity index (χ1) is 17.8. The molecule has 1 aliphatic rings. The van der Waals surface area contributed by atoms with Gasteiger partial charge in [-0.3, -0.25) is 0 Å². The zero-order chi connectivity index (χ0) is 25.9. The second kappa shape index (κ2) is 25.5. The summed E-state index contributed by atoms with van der Waals surface area (Å²) in [6.45, 7) is 17.1. The molecule has 10 nitrogen and oxygen atoms in total. The van der Waals surface area contributed by atoms with Crippen LogP contribution in [0.15, 0.2) is 12.7 Å². The molecule has 10 heteroatoms. The molecule has 0 aliphatic carbocycles. The van der Waals surface area contributed by atoms with Crippen LogP contribution in [0.1, 0.15) is 26.2 Å². The number of rotatable bonds is 26. The van der Waals surface area contributed by atoms with E-state index in [0.717, 1.165) is 52.0 Å². The van der Waals surface area contributed by atoms with Gasteiger partial charge in [-0.15, -0.1) is 0 Å². The summed E-state index contributed by atoms with van der Waals surface area (Å²) < 4.78 is 43.2. The van der Waals surface area contributed by atoms with Crippen LogP contribution in [0.4, 0.5) is 0 Å². The van der Waals surface area contributed by atoms with Gasteiger partial charge in [0.05, 0.1) is 79.3 Å². The van der Waals surface area contributed by atoms with E-state index in [1.807, 2.05) is 6.92 Å². The Morgan fingerprint density at radius 2 is 1.31 bits per heavy atom. The molecule has 0 aromatic rings. The van der Waals surface area contributed by atoms with E-state index in [9.17, 15) is 4.79 Å². The molecule has 0 aromatic carbocycles. The lowest BCUT2D eigenvalue weighted by molar-refractivity contribution is -0.139. The molecule has 0 radical (unpaired) electrons. The van der Waals surface area contributed by atoms with Crippen molar-refractivity contribution in [2.75, 3.05) is 119 Å². The molecule has 0 saturated carbocycles. The minimum Gasteiger partial charge on any atom is -0.460 e. The topological polar surface area (TPSA) is 94.2 Å². The van der Waals surface area contributed by atoms with E-state index in [0.29, 0.717) is 78.6 Å². The van der Waals surface area contributed by atoms with Gasteiger partial charge in [0.15, 0.2) is 0 Å². The summed E-state index contributed by atoms with van der Waals surface area (Å²) in [7, 11) is 0. The summed E-state index contributed by atoms with van der Waals surface area (Å²) in [6, 6.07) is 0. The van der Waals surface area contributed by atoms with E-state index in [1.54, 1.807) is 0 Å². The van der Waals surface area contributed by atoms with Crippen molar-refractivity contribution in [2.45, 2.75) is 26.2 Å². The first kappa shape index (κ1) is 32.9. The van der Waals surface area contributed by atoms with Crippen molar-refractivity contribution >= 4 is 5.97 Å². The Bertz CT molecular complexity index is 510. The number of piperidine rings is 1. The zero-order valence-corrected chi connectivity index (χ0v) is 22.3. The molecule has 1 heterocycles. The lowest BCUT2D eigenvalue weighted by atomic mass is 9.99. The number of hydrogen-bond acceptors (Lipinski definition) is 10. The molecule has 212 valence electrons. The molecule has 0 spiro atoms. The third kappa shape index (κ3) is 21.0. The largest absolute Gasteiger partial charge is 0.460 e. The van der Waals surface area contributed by atoms with Crippen molar-refractivity contribution in [2.24, 2.45) is 5.92 Å². The van der Waals surface area contributed by atoms with Crippen molar-refractivity contribution in [1.29, 1.82) is 0 Å². The Kier molecular flexibility index (Phi) is 23.4. The van der Waals surface area contributed by atoms with E-state index >= 15 is 0 Å². The van der Waals surface area contributed by atoms with Gasteiger partial charge < -0.3 is 42.8 Å². The summed E-state index contributed by atoms with van der Waals surface area (Å²) in [5.74, 6) is 0.160. The number of likely N-dealkylation sites (tertiary alicyclic amines) is 1. The van der Waals surface area contributed by atoms with Crippen molar-refractivity contribution in [3.05, 3.63) is 12.7 Å². The summed E-state index contributed by atoms with van der Waals surface area (Å²) in [5, 5.41) is 0. The van der Waals surface area contributed by atoms with Crippen LogP contribution in [0.2, 0.25) is 0 Å². The first-order valence-electron chi connectivity index (χ1n) is 13.3. The highest BCUT2D eigenvalue weighted by Crippen LogP contribution is 2.17. The quantitative estimate of drug-likeness (QED) is 0.0959. The lowest BCUT2D eigenvalue weighted by Gasteiger charge is -2.32. The Labute approximate surface area is 217 Å². The number of nitrogens with zero attached hydrogens (tertiary/aromatic N) is 1. The van der Waals surface area contributed by atoms with E-state index in [1.165, 1.54) is 12.8 Å². The monoisotopic (exact) mass is 519 g/mol. The minimum atomic E-state index is -0.444. The van der Waals surface area contributed by atoms with Crippen molar-refractivity contribution in [3.8, 4) is 0 Å². The molecule has 1 saturated heterocycles. The lowest BCUT2D eigenvalue weighted by Crippen LogP contribution is -2.38. The highest BCUT2D eigenvalue weighted by molar-refractivity contribution is 5.81. The maximum Gasteiger partial charge on any atom is 0.330 e. The molecule has 0 bridgehead atoms. The number of carbonyl (C=O) groups is 1. The number of carbonyl (C=O) groups excluding carboxylic acids is 1. The van der Waals surface area contributed by atoms with Crippen LogP contribution < -0.4 is 0 Å². The van der Waals surface area contributed by atoms with Gasteiger partial charge in [0.25, 0.3) is 0 Å². The maximum atomic E-state index is 10.8. The summed E-state index contributed by atoms with van der Waals surface area (Å²) in [5.41, 5.74) is 0. The number of esters is 1. The Morgan fingerprint density at radius 1 is 0.778 bits per heavy atom. The molecule has 1 unspecified atom stereocenters. The maximum absolute atomic E-state index is 10.8. The Morgan fingerprint density at radius 3 is 1.89 bits per heavy atom. The minimum absolute atomic E-state index is 0.216. The fourth-order valence-electron chi connectivity index (χ4n) is 3.63. The third-order valence-electron chi connectivity index (χ3n) is 5.42. The van der Waals surface area contributed by atoms with Gasteiger partial charge in [-0.1, -0.05) is 6.58 Å². The van der Waals surface area contributed by atoms with E-state index < -0.39 is 5.97 Å². The van der Waals surface area contributed by atoms with Gasteiger partial charge in [-0.2, -0.15) is 0 Å². The molecule has 36 heavy (non-hydrogen) atoms. The third-order valence-corrected chi connectivity index (χ3v) is 5.42. The second-order valence-corrected chi connectivity index (χ2v) is 8.37. The van der Waals surface area contributed by atoms with Crippen molar-refractivity contribution in [3.63, 3.8) is 0 Å². The summed E-state index contributed by atoms with van der Waals surface area (Å²) in [4.78, 5) is 13.4. The average molecular weight is 520 g/mol. The van der Waals surface area contributed by atoms with Gasteiger partial charge in [0.1, 0.15) is 6.61 Å². The highest BCUT2D eigenvalue weighted by Gasteiger charge is 2.19. The predicted molar refractivity (Wildman–Crippen MR) is 136 cm³/mol. The SMILES string of the molecule is C=CC(=O)OCCOCCOCCOCCOCCCN1CCCC(COCCOCCOCC)C1. The highest BCUT2D eigenvalue weighted by atomic mass is 16.6. The van der Waals surface area contributed by atoms with E-state index in [-0.39, 0.29) is 6.61 Å². The van der Waals surface area contributed by atoms with Crippen LogP contribution in [-0.2, 0) is 42.7 Å². The van der Waals surface area contributed by atoms with Gasteiger partial charge in [0, 0.05) is 32.4 Å². The zero-order valence-electron chi connectivity index (χ0n) is 22.3. The van der Waals surface area contributed by atoms with Gasteiger partial charge in [-0.05, 0) is 38.6 Å². The molecular formula is C26H49NO9. The van der Waals surface area contributed by atoms with Crippen molar-refractivity contribution in [1.82, 2.24) is 4.90 Å². The van der Waals surface area contributed by atoms with Crippen LogP contribution in [0.25, 0.3) is 0 Å². The van der Waals surface area contributed by atoms with Gasteiger partial charge >= 0.3 is 5.97 Å². The predicted octanol–water partition coefficient (Wildman–Crippen LogP) is 1.95. The van der Waals surface area contributed by atoms with Crippen LogP contribution >= 0.6 is 0 Å². The fourth-order valence-corrected chi connectivity index (χ4v) is 3.63. The fraction of sp³-hybridized carbons (Fsp3) is 0.885. The molecule has 1 fully saturated rings. The van der Waals surface area contributed by atoms with E-state index in [2.05, 4.69) is 11.5 Å². The van der Waals surface area contributed by atoms with Crippen LogP contribution in [-0.4, -0.2) is 130 Å². The molecule has 1 aliphatic heterocycles. The van der Waals surface area contributed by atoms with Gasteiger partial charge in [0.2, 0.25) is 0 Å². The standard InChI is InChI=1S/C26H49NO9/c1-3-26(28)36-22-21-34-18-17-33-16-15-32-14-13-30-10-6-9-27-8-5-7-25(23-27)24-35-20-19-31-12-11-29-4-2/h3,25H,1,4-24H2,2H3. The molecule has 0 N–H and O–H groups in total. The summed E-state index contributed by atoms with van der Waals surface area (Å²) >= 11 is 0. The molecule has 1 atom stereocenters. The normalized spacial score (nSPS) is 16.3. The molecule has 1 rings (SSSR count). The number of hydrogen-bond donors (Lipinski definition) is 0. The molecule has 0 amide bonds. The molecular weight excluding hydrogens is 470 g/mol. The summed E-state index contributed by atoms with van der Waals surface area (Å²) in [6.07, 6.45) is 4.62. The Balaban J connectivity index is 1.80. The van der Waals surface area contributed by atoms with Crippen LogP contribution in [0.5, 0.6) is 0 Å². The number of ether oxygens (including phenoxy) is 8. The average Bonchev–Trinajstić information content (AvgIpc) is 2.90. The van der Waals surface area contributed by atoms with Crippen molar-refractivity contribution < 1.29 is 42.7 Å². The van der Waals surface area contributed by atoms with Crippen LogP contribution in [0, 0.1) is 5.92 Å². The first-order valence-corrected chi connectivity index (χ1v) is 13.3. The molecule has 0 aromatic heterocycles.